The van der Waals surface area contributed by atoms with Crippen LogP contribution in [0.1, 0.15) is 36.4 Å². The number of sulfone groups is 1. The molecule has 1 amide bonds. The third-order valence-corrected chi connectivity index (χ3v) is 7.68. The van der Waals surface area contributed by atoms with E-state index in [1.165, 1.54) is 0 Å². The lowest BCUT2D eigenvalue weighted by Gasteiger charge is -2.10. The van der Waals surface area contributed by atoms with Gasteiger partial charge in [-0.2, -0.15) is 5.10 Å². The molecule has 0 radical (unpaired) electrons. The van der Waals surface area contributed by atoms with Crippen LogP contribution in [0.5, 0.6) is 0 Å². The maximum absolute atomic E-state index is 12.2. The summed E-state index contributed by atoms with van der Waals surface area (Å²) in [5.41, 5.74) is 3.88. The third-order valence-electron chi connectivity index (χ3n) is 5.51. The van der Waals surface area contributed by atoms with Crippen molar-refractivity contribution in [3.63, 3.8) is 0 Å². The van der Waals surface area contributed by atoms with Crippen LogP contribution in [0, 0.1) is 20.8 Å². The Morgan fingerprint density at radius 1 is 1.00 bits per heavy atom. The van der Waals surface area contributed by atoms with E-state index in [-0.39, 0.29) is 17.2 Å². The van der Waals surface area contributed by atoms with Crippen molar-refractivity contribution in [1.29, 1.82) is 0 Å². The maximum atomic E-state index is 12.2. The molecule has 9 nitrogen and oxygen atoms in total. The first-order valence-electron chi connectivity index (χ1n) is 10.8. The molecule has 0 saturated heterocycles. The summed E-state index contributed by atoms with van der Waals surface area (Å²) in [5.74, 6) is 1.11. The largest absolute Gasteiger partial charge is 0.367 e. The maximum Gasteiger partial charge on any atom is 0.224 e. The van der Waals surface area contributed by atoms with Crippen molar-refractivity contribution in [2.75, 3.05) is 18.4 Å². The summed E-state index contributed by atoms with van der Waals surface area (Å²) in [5, 5.41) is 18.4. The smallest absolute Gasteiger partial charge is 0.224 e. The van der Waals surface area contributed by atoms with Gasteiger partial charge in [-0.05, 0) is 70.0 Å². The molecule has 0 spiro atoms. The van der Waals surface area contributed by atoms with Crippen LogP contribution >= 0.6 is 0 Å². The summed E-state index contributed by atoms with van der Waals surface area (Å²) >= 11 is 0. The molecule has 3 aromatic rings. The molecule has 10 heteroatoms. The van der Waals surface area contributed by atoms with Crippen LogP contribution in [-0.4, -0.2) is 52.6 Å². The molecule has 0 aliphatic heterocycles. The molecule has 2 N–H and O–H groups in total. The van der Waals surface area contributed by atoms with Crippen molar-refractivity contribution < 1.29 is 13.2 Å². The lowest BCUT2D eigenvalue weighted by atomic mass is 10.1. The van der Waals surface area contributed by atoms with E-state index in [0.29, 0.717) is 24.7 Å². The van der Waals surface area contributed by atoms with Crippen LogP contribution in [0.3, 0.4) is 0 Å². The Bertz CT molecular complexity index is 1220. The standard InChI is InChI=1S/C23H30N6O3S/c1-15(2)33(31,32)20-8-6-19(7-9-20)14-23(30)25-13-12-24-21-10-11-22(27-26-21)29-18(5)16(3)17(4)28-29/h6-11,15H,12-14H2,1-5H3,(H,24,26)(H,25,30). The van der Waals surface area contributed by atoms with Gasteiger partial charge in [0.1, 0.15) is 5.82 Å². The monoisotopic (exact) mass is 470 g/mol. The van der Waals surface area contributed by atoms with Crippen LogP contribution in [0.2, 0.25) is 0 Å². The molecule has 0 saturated carbocycles. The highest BCUT2D eigenvalue weighted by atomic mass is 32.2. The molecule has 2 aromatic heterocycles. The number of aromatic nitrogens is 4. The number of aryl methyl sites for hydroxylation is 1. The summed E-state index contributed by atoms with van der Waals surface area (Å²) in [6.45, 7) is 10.2. The molecule has 3 rings (SSSR count). The van der Waals surface area contributed by atoms with E-state index in [1.54, 1.807) is 42.8 Å². The van der Waals surface area contributed by atoms with Gasteiger partial charge < -0.3 is 10.6 Å². The Hall–Kier alpha value is -3.27. The molecule has 0 bridgehead atoms. The number of amides is 1. The fraction of sp³-hybridized carbons (Fsp3) is 0.391. The van der Waals surface area contributed by atoms with E-state index in [2.05, 4.69) is 25.9 Å². The minimum absolute atomic E-state index is 0.141. The van der Waals surface area contributed by atoms with Gasteiger partial charge in [0.15, 0.2) is 15.7 Å². The van der Waals surface area contributed by atoms with Crippen molar-refractivity contribution in [3.8, 4) is 5.82 Å². The zero-order valence-electron chi connectivity index (χ0n) is 19.6. The van der Waals surface area contributed by atoms with Gasteiger partial charge in [-0.1, -0.05) is 12.1 Å². The Morgan fingerprint density at radius 2 is 1.70 bits per heavy atom. The lowest BCUT2D eigenvalue weighted by molar-refractivity contribution is -0.120. The summed E-state index contributed by atoms with van der Waals surface area (Å²) in [6.07, 6.45) is 0.179. The highest BCUT2D eigenvalue weighted by molar-refractivity contribution is 7.92. The second kappa shape index (κ2) is 10.1. The molecule has 1 aromatic carbocycles. The predicted octanol–water partition coefficient (Wildman–Crippen LogP) is 2.54. The van der Waals surface area contributed by atoms with Gasteiger partial charge in [-0.25, -0.2) is 13.1 Å². The van der Waals surface area contributed by atoms with Crippen molar-refractivity contribution in [3.05, 3.63) is 58.9 Å². The molecule has 0 aliphatic carbocycles. The number of benzene rings is 1. The number of nitrogens with zero attached hydrogens (tertiary/aromatic N) is 4. The molecule has 176 valence electrons. The number of rotatable bonds is 9. The van der Waals surface area contributed by atoms with Crippen molar-refractivity contribution in [1.82, 2.24) is 25.3 Å². The zero-order chi connectivity index (χ0) is 24.2. The van der Waals surface area contributed by atoms with Gasteiger partial charge in [-0.15, -0.1) is 10.2 Å². The summed E-state index contributed by atoms with van der Waals surface area (Å²) in [4.78, 5) is 12.5. The minimum Gasteiger partial charge on any atom is -0.367 e. The van der Waals surface area contributed by atoms with Crippen molar-refractivity contribution in [2.45, 2.75) is 51.2 Å². The SMILES string of the molecule is Cc1nn(-c2ccc(NCCNC(=O)Cc3ccc(S(=O)(=O)C(C)C)cc3)nn2)c(C)c1C. The molecule has 0 fully saturated rings. The minimum atomic E-state index is -3.31. The summed E-state index contributed by atoms with van der Waals surface area (Å²) < 4.78 is 26.1. The van der Waals surface area contributed by atoms with Gasteiger partial charge in [0.05, 0.1) is 22.3 Å². The number of hydrogen-bond donors (Lipinski definition) is 2. The molecular weight excluding hydrogens is 440 g/mol. The second-order valence-corrected chi connectivity index (χ2v) is 10.7. The van der Waals surface area contributed by atoms with Gasteiger partial charge in [0.25, 0.3) is 0 Å². The Kier molecular flexibility index (Phi) is 7.47. The Morgan fingerprint density at radius 3 is 2.24 bits per heavy atom. The predicted molar refractivity (Wildman–Crippen MR) is 127 cm³/mol. The normalized spacial score (nSPS) is 11.6. The first kappa shape index (κ1) is 24.4. The average Bonchev–Trinajstić information content (AvgIpc) is 3.04. The lowest BCUT2D eigenvalue weighted by Crippen LogP contribution is -2.30. The fourth-order valence-electron chi connectivity index (χ4n) is 3.19. The van der Waals surface area contributed by atoms with Crippen LogP contribution < -0.4 is 10.6 Å². The molecule has 0 unspecified atom stereocenters. The number of nitrogens with one attached hydrogen (secondary N) is 2. The van der Waals surface area contributed by atoms with Gasteiger partial charge in [0, 0.05) is 18.8 Å². The highest BCUT2D eigenvalue weighted by Gasteiger charge is 2.18. The summed E-state index contributed by atoms with van der Waals surface area (Å²) in [7, 11) is -3.31. The molecular formula is C23H30N6O3S. The van der Waals surface area contributed by atoms with E-state index in [0.717, 1.165) is 22.5 Å². The van der Waals surface area contributed by atoms with E-state index in [4.69, 9.17) is 0 Å². The Balaban J connectivity index is 1.45. The molecule has 0 aliphatic rings. The van der Waals surface area contributed by atoms with Crippen LogP contribution in [0.4, 0.5) is 5.82 Å². The number of carbonyl (C=O) groups excluding carboxylic acids is 1. The van der Waals surface area contributed by atoms with Crippen LogP contribution in [0.25, 0.3) is 5.82 Å². The third kappa shape index (κ3) is 5.75. The quantitative estimate of drug-likeness (QED) is 0.461. The fourth-order valence-corrected chi connectivity index (χ4v) is 4.25. The molecule has 2 heterocycles. The van der Waals surface area contributed by atoms with E-state index < -0.39 is 15.1 Å². The van der Waals surface area contributed by atoms with E-state index in [1.807, 2.05) is 32.9 Å². The second-order valence-electron chi connectivity index (χ2n) is 8.18. The average molecular weight is 471 g/mol. The first-order valence-corrected chi connectivity index (χ1v) is 12.3. The van der Waals surface area contributed by atoms with Gasteiger partial charge in [-0.3, -0.25) is 4.79 Å². The number of carbonyl (C=O) groups is 1. The van der Waals surface area contributed by atoms with E-state index >= 15 is 0 Å². The van der Waals surface area contributed by atoms with Gasteiger partial charge >= 0.3 is 0 Å². The van der Waals surface area contributed by atoms with Crippen molar-refractivity contribution in [2.24, 2.45) is 0 Å². The van der Waals surface area contributed by atoms with Crippen LogP contribution in [0.15, 0.2) is 41.3 Å². The summed E-state index contributed by atoms with van der Waals surface area (Å²) in [6, 6.07) is 10.1. The van der Waals surface area contributed by atoms with Crippen LogP contribution in [-0.2, 0) is 21.1 Å². The van der Waals surface area contributed by atoms with Crippen molar-refractivity contribution >= 4 is 21.6 Å². The molecule has 33 heavy (non-hydrogen) atoms. The Labute approximate surface area is 194 Å². The zero-order valence-corrected chi connectivity index (χ0v) is 20.4. The van der Waals surface area contributed by atoms with E-state index in [9.17, 15) is 13.2 Å². The number of hydrogen-bond acceptors (Lipinski definition) is 7. The molecule has 0 atom stereocenters. The first-order chi connectivity index (χ1) is 15.6. The van der Waals surface area contributed by atoms with Gasteiger partial charge in [0.2, 0.25) is 5.91 Å². The highest BCUT2D eigenvalue weighted by Crippen LogP contribution is 2.17. The number of anilines is 1. The topological polar surface area (TPSA) is 119 Å².